The van der Waals surface area contributed by atoms with Crippen molar-refractivity contribution in [3.05, 3.63) is 0 Å². The van der Waals surface area contributed by atoms with Crippen LogP contribution in [0.25, 0.3) is 0 Å². The Bertz CT molecular complexity index is 164. The zero-order valence-corrected chi connectivity index (χ0v) is 13.2. The van der Waals surface area contributed by atoms with Crippen LogP contribution in [-0.2, 0) is 4.43 Å². The summed E-state index contributed by atoms with van der Waals surface area (Å²) in [4.78, 5) is 0.514. The Kier molecular flexibility index (Phi) is 3.33. The SMILES string of the molecule is C[Si]1(C)CC(Br)C(Br)O[Si]1(C)C. The van der Waals surface area contributed by atoms with Crippen LogP contribution in [0, 0.1) is 0 Å². The van der Waals surface area contributed by atoms with Gasteiger partial charge in [0.2, 0.25) is 0 Å². The highest BCUT2D eigenvalue weighted by atomic mass is 79.9. The van der Waals surface area contributed by atoms with Crippen LogP contribution in [0.15, 0.2) is 0 Å². The lowest BCUT2D eigenvalue weighted by Gasteiger charge is -2.46. The van der Waals surface area contributed by atoms with Crippen molar-refractivity contribution in [2.24, 2.45) is 0 Å². The molecule has 1 heterocycles. The fourth-order valence-corrected chi connectivity index (χ4v) is 13.6. The summed E-state index contributed by atoms with van der Waals surface area (Å²) in [5.41, 5.74) is 0. The van der Waals surface area contributed by atoms with Gasteiger partial charge in [-0.05, 0) is 19.1 Å². The normalized spacial score (nSPS) is 39.5. The van der Waals surface area contributed by atoms with Gasteiger partial charge in [0.15, 0.2) is 7.83 Å². The predicted molar refractivity (Wildman–Crippen MR) is 66.3 cm³/mol. The van der Waals surface area contributed by atoms with Gasteiger partial charge in [-0.15, -0.1) is 0 Å². The summed E-state index contributed by atoms with van der Waals surface area (Å²) in [5, 5.41) is 0.236. The average molecular weight is 332 g/mol. The molecule has 0 spiro atoms. The maximum Gasteiger partial charge on any atom is 0.175 e. The van der Waals surface area contributed by atoms with E-state index in [0.29, 0.717) is 4.83 Å². The lowest BCUT2D eigenvalue weighted by atomic mass is 10.5. The highest BCUT2D eigenvalue weighted by Crippen LogP contribution is 2.38. The largest absolute Gasteiger partial charge is 0.407 e. The molecule has 0 radical (unpaired) electrons. The Hall–Kier alpha value is 1.35. The smallest absolute Gasteiger partial charge is 0.175 e. The Morgan fingerprint density at radius 2 is 1.67 bits per heavy atom. The molecular formula is C7H16Br2OSi2. The van der Waals surface area contributed by atoms with E-state index in [-0.39, 0.29) is 5.01 Å². The van der Waals surface area contributed by atoms with E-state index in [1.807, 2.05) is 0 Å². The number of rotatable bonds is 0. The Morgan fingerprint density at radius 3 is 2.08 bits per heavy atom. The quantitative estimate of drug-likeness (QED) is 0.487. The first-order chi connectivity index (χ1) is 5.26. The molecule has 0 aromatic heterocycles. The van der Waals surface area contributed by atoms with Gasteiger partial charge < -0.3 is 4.43 Å². The van der Waals surface area contributed by atoms with Gasteiger partial charge in [0.25, 0.3) is 0 Å². The molecule has 1 saturated heterocycles. The molecule has 0 saturated carbocycles. The molecule has 0 aliphatic carbocycles. The van der Waals surface area contributed by atoms with Crippen molar-refractivity contribution in [3.8, 4) is 0 Å². The van der Waals surface area contributed by atoms with Crippen molar-refractivity contribution >= 4 is 47.3 Å². The van der Waals surface area contributed by atoms with Crippen molar-refractivity contribution in [2.75, 3.05) is 0 Å². The first-order valence-corrected chi connectivity index (χ1v) is 13.2. The van der Waals surface area contributed by atoms with E-state index in [1.54, 1.807) is 0 Å². The Labute approximate surface area is 93.4 Å². The van der Waals surface area contributed by atoms with E-state index >= 15 is 0 Å². The van der Waals surface area contributed by atoms with E-state index in [2.05, 4.69) is 58.0 Å². The van der Waals surface area contributed by atoms with Crippen molar-refractivity contribution in [1.29, 1.82) is 0 Å². The molecule has 1 rings (SSSR count). The number of hydrogen-bond acceptors (Lipinski definition) is 1. The molecular weight excluding hydrogens is 316 g/mol. The van der Waals surface area contributed by atoms with Gasteiger partial charge in [-0.25, -0.2) is 0 Å². The second-order valence-electron chi connectivity index (χ2n) is 4.58. The minimum absolute atomic E-state index is 0.236. The van der Waals surface area contributed by atoms with Crippen LogP contribution in [0.3, 0.4) is 0 Å². The second-order valence-corrected chi connectivity index (χ2v) is 21.8. The minimum atomic E-state index is -1.36. The second kappa shape index (κ2) is 3.49. The molecule has 1 nitrogen and oxygen atoms in total. The molecule has 5 heteroatoms. The van der Waals surface area contributed by atoms with Crippen LogP contribution < -0.4 is 0 Å². The van der Waals surface area contributed by atoms with E-state index in [1.165, 1.54) is 6.04 Å². The van der Waals surface area contributed by atoms with Gasteiger partial charge >= 0.3 is 0 Å². The molecule has 0 aromatic carbocycles. The number of alkyl halides is 2. The lowest BCUT2D eigenvalue weighted by molar-refractivity contribution is 0.287. The topological polar surface area (TPSA) is 9.23 Å². The molecule has 0 aromatic rings. The van der Waals surface area contributed by atoms with Gasteiger partial charge in [0.1, 0.15) is 5.01 Å². The highest BCUT2D eigenvalue weighted by Gasteiger charge is 2.50. The summed E-state index contributed by atoms with van der Waals surface area (Å²) in [6, 6.07) is 1.34. The molecule has 72 valence electrons. The maximum atomic E-state index is 6.07. The standard InChI is InChI=1S/C7H16Br2OSi2/c1-11(2)5-6(8)7(9)10-12(11,3)4/h6-7H,5H2,1-4H3. The molecule has 1 aliphatic heterocycles. The summed E-state index contributed by atoms with van der Waals surface area (Å²) in [5.74, 6) is 0. The summed E-state index contributed by atoms with van der Waals surface area (Å²) < 4.78 is 6.07. The van der Waals surface area contributed by atoms with E-state index in [4.69, 9.17) is 4.43 Å². The number of hydrogen-bond donors (Lipinski definition) is 0. The highest BCUT2D eigenvalue weighted by molar-refractivity contribution is 9.12. The van der Waals surface area contributed by atoms with Gasteiger partial charge in [-0.2, -0.15) is 0 Å². The van der Waals surface area contributed by atoms with E-state index in [0.717, 1.165) is 0 Å². The molecule has 2 unspecified atom stereocenters. The molecule has 0 N–H and O–H groups in total. The zero-order valence-electron chi connectivity index (χ0n) is 8.03. The van der Waals surface area contributed by atoms with Crippen LogP contribution in [0.1, 0.15) is 0 Å². The molecule has 0 amide bonds. The van der Waals surface area contributed by atoms with Crippen LogP contribution in [0.2, 0.25) is 32.2 Å². The van der Waals surface area contributed by atoms with Crippen LogP contribution >= 0.6 is 31.9 Å². The summed E-state index contributed by atoms with van der Waals surface area (Å²) >= 11 is 7.23. The minimum Gasteiger partial charge on any atom is -0.407 e. The summed E-state index contributed by atoms with van der Waals surface area (Å²) in [6.45, 7) is 9.61. The Balaban J connectivity index is 2.80. The van der Waals surface area contributed by atoms with E-state index in [9.17, 15) is 0 Å². The predicted octanol–water partition coefficient (Wildman–Crippen LogP) is 3.49. The van der Waals surface area contributed by atoms with Crippen LogP contribution in [0.4, 0.5) is 0 Å². The zero-order chi connectivity index (χ0) is 9.57. The summed E-state index contributed by atoms with van der Waals surface area (Å²) in [6.07, 6.45) is 0. The molecule has 12 heavy (non-hydrogen) atoms. The summed E-state index contributed by atoms with van der Waals surface area (Å²) in [7, 11) is -2.44. The third kappa shape index (κ3) is 2.05. The van der Waals surface area contributed by atoms with Crippen molar-refractivity contribution in [1.82, 2.24) is 0 Å². The van der Waals surface area contributed by atoms with Crippen LogP contribution in [-0.4, -0.2) is 25.3 Å². The molecule has 1 aliphatic rings. The molecule has 1 fully saturated rings. The third-order valence-electron chi connectivity index (χ3n) is 3.03. The van der Waals surface area contributed by atoms with Gasteiger partial charge in [-0.1, -0.05) is 45.0 Å². The lowest BCUT2D eigenvalue weighted by Crippen LogP contribution is -2.63. The average Bonchev–Trinajstić information content (AvgIpc) is 1.82. The van der Waals surface area contributed by atoms with Gasteiger partial charge in [0, 0.05) is 4.83 Å². The van der Waals surface area contributed by atoms with Crippen molar-refractivity contribution in [3.63, 3.8) is 0 Å². The molecule has 0 bridgehead atoms. The Morgan fingerprint density at radius 1 is 1.17 bits per heavy atom. The maximum absolute atomic E-state index is 6.07. The molecule has 2 atom stereocenters. The third-order valence-corrected chi connectivity index (χ3v) is 22.6. The number of halogens is 2. The van der Waals surface area contributed by atoms with Crippen molar-refractivity contribution < 1.29 is 4.43 Å². The first-order valence-electron chi connectivity index (χ1n) is 4.22. The first kappa shape index (κ1) is 11.4. The van der Waals surface area contributed by atoms with Crippen LogP contribution in [0.5, 0.6) is 0 Å². The van der Waals surface area contributed by atoms with E-state index < -0.39 is 15.4 Å². The van der Waals surface area contributed by atoms with Gasteiger partial charge in [0.05, 0.1) is 7.59 Å². The monoisotopic (exact) mass is 330 g/mol. The fourth-order valence-electron chi connectivity index (χ4n) is 1.34. The van der Waals surface area contributed by atoms with Crippen molar-refractivity contribution in [2.45, 2.75) is 42.1 Å². The fraction of sp³-hybridized carbons (Fsp3) is 1.00. The van der Waals surface area contributed by atoms with Gasteiger partial charge in [-0.3, -0.25) is 0 Å².